The Morgan fingerprint density at radius 2 is 2.32 bits per heavy atom. The zero-order valence-corrected chi connectivity index (χ0v) is 12.4. The van der Waals surface area contributed by atoms with Gasteiger partial charge in [0.1, 0.15) is 11.4 Å². The van der Waals surface area contributed by atoms with Crippen LogP contribution in [0.2, 0.25) is 0 Å². The monoisotopic (exact) mass is 297 g/mol. The lowest BCUT2D eigenvalue weighted by Crippen LogP contribution is -2.34. The van der Waals surface area contributed by atoms with Crippen LogP contribution in [0.15, 0.2) is 16.2 Å². The number of carbonyl (C=O) groups excluding carboxylic acids is 1. The fourth-order valence-corrected chi connectivity index (χ4v) is 2.73. The van der Waals surface area contributed by atoms with Gasteiger partial charge in [0.05, 0.1) is 5.39 Å². The molecule has 0 fully saturated rings. The van der Waals surface area contributed by atoms with Crippen LogP contribution in [0.4, 0.5) is 0 Å². The first-order valence-electron chi connectivity index (χ1n) is 5.96. The highest BCUT2D eigenvalue weighted by Crippen LogP contribution is 2.13. The highest BCUT2D eigenvalue weighted by molar-refractivity contribution is 7.71. The van der Waals surface area contributed by atoms with Crippen LogP contribution in [0.25, 0.3) is 10.2 Å². The molecule has 2 heterocycles. The van der Waals surface area contributed by atoms with Crippen molar-refractivity contribution < 1.29 is 4.79 Å². The summed E-state index contributed by atoms with van der Waals surface area (Å²) in [6, 6.07) is 1.73. The Bertz CT molecular complexity index is 712. The quantitative estimate of drug-likeness (QED) is 0.847. The predicted molar refractivity (Wildman–Crippen MR) is 79.1 cm³/mol. The molecular weight excluding hydrogens is 282 g/mol. The molecule has 0 saturated carbocycles. The van der Waals surface area contributed by atoms with Crippen molar-refractivity contribution in [2.75, 3.05) is 6.54 Å². The smallest absolute Gasteiger partial charge is 0.263 e. The molecule has 2 aromatic rings. The molecule has 2 aromatic heterocycles. The Hall–Kier alpha value is -1.47. The van der Waals surface area contributed by atoms with E-state index in [0.29, 0.717) is 17.8 Å². The number of rotatable bonds is 4. The number of fused-ring (bicyclic) bond motifs is 1. The van der Waals surface area contributed by atoms with Gasteiger partial charge in [-0.25, -0.2) is 0 Å². The molecule has 7 heteroatoms. The third-order valence-corrected chi connectivity index (χ3v) is 3.77. The second-order valence-corrected chi connectivity index (χ2v) is 5.99. The first kappa shape index (κ1) is 14.0. The molecule has 0 aliphatic heterocycles. The number of H-pyrrole nitrogens is 1. The van der Waals surface area contributed by atoms with Crippen molar-refractivity contribution in [2.24, 2.45) is 5.92 Å². The number of nitrogens with one attached hydrogen (secondary N) is 2. The molecule has 0 aliphatic carbocycles. The van der Waals surface area contributed by atoms with E-state index in [1.807, 2.05) is 19.2 Å². The number of aromatic nitrogens is 2. The molecule has 0 spiro atoms. The van der Waals surface area contributed by atoms with E-state index < -0.39 is 0 Å². The van der Waals surface area contributed by atoms with Crippen LogP contribution < -0.4 is 10.9 Å². The topological polar surface area (TPSA) is 66.9 Å². The summed E-state index contributed by atoms with van der Waals surface area (Å²) in [5.41, 5.74) is -0.223. The molecule has 1 amide bonds. The Morgan fingerprint density at radius 1 is 1.58 bits per heavy atom. The standard InChI is InChI=1S/C12H15N3O2S2/c1-7(2)5-13-9(16)6-15-11(17)8-3-4-19-10(8)14-12(15)18/h3-4,7H,5-6H2,1-2H3,(H,13,16)(H,14,18). The number of hydrogen-bond acceptors (Lipinski definition) is 4. The second-order valence-electron chi connectivity index (χ2n) is 4.68. The highest BCUT2D eigenvalue weighted by Gasteiger charge is 2.10. The number of nitrogens with zero attached hydrogens (tertiary/aromatic N) is 1. The number of amides is 1. The molecule has 0 bridgehead atoms. The summed E-state index contributed by atoms with van der Waals surface area (Å²) < 4.78 is 1.57. The molecule has 102 valence electrons. The Labute approximate surface area is 119 Å². The van der Waals surface area contributed by atoms with E-state index in [0.717, 1.165) is 4.83 Å². The van der Waals surface area contributed by atoms with Crippen molar-refractivity contribution >= 4 is 39.7 Å². The first-order valence-corrected chi connectivity index (χ1v) is 7.25. The van der Waals surface area contributed by atoms with Crippen molar-refractivity contribution in [2.45, 2.75) is 20.4 Å². The Morgan fingerprint density at radius 3 is 3.00 bits per heavy atom. The zero-order valence-electron chi connectivity index (χ0n) is 10.7. The van der Waals surface area contributed by atoms with Crippen LogP contribution in [0.1, 0.15) is 13.8 Å². The van der Waals surface area contributed by atoms with E-state index in [-0.39, 0.29) is 22.8 Å². The highest BCUT2D eigenvalue weighted by atomic mass is 32.1. The Balaban J connectivity index is 2.28. The van der Waals surface area contributed by atoms with Gasteiger partial charge in [0.15, 0.2) is 4.77 Å². The van der Waals surface area contributed by atoms with E-state index in [4.69, 9.17) is 12.2 Å². The average Bonchev–Trinajstić information content (AvgIpc) is 2.80. The van der Waals surface area contributed by atoms with Crippen LogP contribution in [0.3, 0.4) is 0 Å². The lowest BCUT2D eigenvalue weighted by molar-refractivity contribution is -0.121. The average molecular weight is 297 g/mol. The van der Waals surface area contributed by atoms with Crippen LogP contribution in [0.5, 0.6) is 0 Å². The molecule has 0 aromatic carbocycles. The number of hydrogen-bond donors (Lipinski definition) is 2. The molecule has 0 atom stereocenters. The molecule has 2 rings (SSSR count). The fraction of sp³-hybridized carbons (Fsp3) is 0.417. The Kier molecular flexibility index (Phi) is 4.16. The summed E-state index contributed by atoms with van der Waals surface area (Å²) in [5, 5.41) is 5.16. The molecule has 19 heavy (non-hydrogen) atoms. The number of aromatic amines is 1. The van der Waals surface area contributed by atoms with E-state index in [2.05, 4.69) is 10.3 Å². The molecule has 0 radical (unpaired) electrons. The second kappa shape index (κ2) is 5.66. The van der Waals surface area contributed by atoms with Crippen molar-refractivity contribution in [1.29, 1.82) is 0 Å². The van der Waals surface area contributed by atoms with E-state index in [9.17, 15) is 9.59 Å². The summed E-state index contributed by atoms with van der Waals surface area (Å²) in [6.45, 7) is 4.56. The predicted octanol–water partition coefficient (Wildman–Crippen LogP) is 1.89. The maximum absolute atomic E-state index is 12.2. The van der Waals surface area contributed by atoms with Crippen LogP contribution >= 0.6 is 23.6 Å². The van der Waals surface area contributed by atoms with Crippen molar-refractivity contribution in [3.05, 3.63) is 26.6 Å². The van der Waals surface area contributed by atoms with Crippen molar-refractivity contribution in [1.82, 2.24) is 14.9 Å². The van der Waals surface area contributed by atoms with E-state index in [1.165, 1.54) is 15.9 Å². The van der Waals surface area contributed by atoms with Crippen LogP contribution in [0, 0.1) is 10.7 Å². The van der Waals surface area contributed by atoms with Gasteiger partial charge in [-0.05, 0) is 29.6 Å². The van der Waals surface area contributed by atoms with Gasteiger partial charge in [-0.15, -0.1) is 11.3 Å². The van der Waals surface area contributed by atoms with Crippen molar-refractivity contribution in [3.8, 4) is 0 Å². The third kappa shape index (κ3) is 3.10. The normalized spacial score (nSPS) is 11.1. The van der Waals surface area contributed by atoms with Gasteiger partial charge in [-0.1, -0.05) is 13.8 Å². The molecule has 2 N–H and O–H groups in total. The summed E-state index contributed by atoms with van der Waals surface area (Å²) in [6.07, 6.45) is 0. The zero-order chi connectivity index (χ0) is 14.0. The molecule has 0 saturated heterocycles. The van der Waals surface area contributed by atoms with Gasteiger partial charge < -0.3 is 10.3 Å². The number of carbonyl (C=O) groups is 1. The molecule has 0 aliphatic rings. The summed E-state index contributed by atoms with van der Waals surface area (Å²) >= 11 is 6.54. The third-order valence-electron chi connectivity index (χ3n) is 2.62. The van der Waals surface area contributed by atoms with Crippen LogP contribution in [-0.2, 0) is 11.3 Å². The largest absolute Gasteiger partial charge is 0.354 e. The molecule has 0 unspecified atom stereocenters. The van der Waals surface area contributed by atoms with Crippen molar-refractivity contribution in [3.63, 3.8) is 0 Å². The minimum atomic E-state index is -0.223. The van der Waals surface area contributed by atoms with E-state index >= 15 is 0 Å². The first-order chi connectivity index (χ1) is 8.99. The van der Waals surface area contributed by atoms with Gasteiger partial charge in [0.25, 0.3) is 5.56 Å². The summed E-state index contributed by atoms with van der Waals surface area (Å²) in [7, 11) is 0. The summed E-state index contributed by atoms with van der Waals surface area (Å²) in [5.74, 6) is 0.166. The molecule has 5 nitrogen and oxygen atoms in total. The lowest BCUT2D eigenvalue weighted by atomic mass is 10.2. The van der Waals surface area contributed by atoms with Gasteiger partial charge in [-0.3, -0.25) is 14.2 Å². The van der Waals surface area contributed by atoms with Gasteiger partial charge in [-0.2, -0.15) is 0 Å². The molecular formula is C12H15N3O2S2. The number of thiophene rings is 1. The lowest BCUT2D eigenvalue weighted by Gasteiger charge is -2.09. The minimum absolute atomic E-state index is 0.0489. The van der Waals surface area contributed by atoms with Gasteiger partial charge in [0, 0.05) is 6.54 Å². The SMILES string of the molecule is CC(C)CNC(=O)Cn1c(=S)[nH]c2sccc2c1=O. The van der Waals surface area contributed by atoms with E-state index in [1.54, 1.807) is 6.07 Å². The maximum atomic E-state index is 12.2. The minimum Gasteiger partial charge on any atom is -0.354 e. The van der Waals surface area contributed by atoms with Crippen LogP contribution in [-0.4, -0.2) is 22.0 Å². The van der Waals surface area contributed by atoms with Gasteiger partial charge >= 0.3 is 0 Å². The maximum Gasteiger partial charge on any atom is 0.263 e. The van der Waals surface area contributed by atoms with Gasteiger partial charge in [0.2, 0.25) is 5.91 Å². The summed E-state index contributed by atoms with van der Waals surface area (Å²) in [4.78, 5) is 27.7. The fourth-order valence-electron chi connectivity index (χ4n) is 1.64.